The minimum Gasteiger partial charge on any atom is -0.393 e. The summed E-state index contributed by atoms with van der Waals surface area (Å²) < 4.78 is 4.58. The number of hydrogen-bond acceptors (Lipinski definition) is 5. The Balaban J connectivity index is 0. The fourth-order valence-electron chi connectivity index (χ4n) is 4.54. The molecule has 5 nitrogen and oxygen atoms in total. The van der Waals surface area contributed by atoms with Crippen LogP contribution in [0.4, 0.5) is 0 Å². The molecule has 36 heavy (non-hydrogen) atoms. The molecule has 0 saturated carbocycles. The molecule has 6 heteroatoms. The summed E-state index contributed by atoms with van der Waals surface area (Å²) in [6.45, 7) is 5.62. The van der Waals surface area contributed by atoms with Crippen molar-refractivity contribution in [1.29, 1.82) is 0 Å². The van der Waals surface area contributed by atoms with E-state index in [1.165, 1.54) is 84.0 Å². The summed E-state index contributed by atoms with van der Waals surface area (Å²) in [7, 11) is 0. The van der Waals surface area contributed by atoms with Crippen molar-refractivity contribution in [2.75, 3.05) is 0 Å². The standard InChI is InChI=1S/C30H54O5.Al.3H/c1-4-6-8-10-12-14-16-18-20-22-28(32)27(24-25-30(34)35-26(3)31)29(33)23-21-19-17-15-13-11-9-7-5-2;;;;/h27H,4-25H2,1-3H3;;;;. The molecule has 0 aromatic carbocycles. The van der Waals surface area contributed by atoms with Crippen LogP contribution >= 0.6 is 0 Å². The Bertz CT molecular complexity index is 542. The number of carbonyl (C=O) groups is 4. The molecule has 0 aliphatic heterocycles. The van der Waals surface area contributed by atoms with E-state index < -0.39 is 17.9 Å². The molecule has 0 aromatic rings. The molecule has 210 valence electrons. The van der Waals surface area contributed by atoms with Crippen molar-refractivity contribution < 1.29 is 23.9 Å². The van der Waals surface area contributed by atoms with Crippen LogP contribution in [-0.2, 0) is 23.9 Å². The summed E-state index contributed by atoms with van der Waals surface area (Å²) in [5.74, 6) is -2.16. The van der Waals surface area contributed by atoms with Crippen LogP contribution in [-0.4, -0.2) is 40.9 Å². The number of esters is 2. The molecule has 0 aliphatic rings. The van der Waals surface area contributed by atoms with Gasteiger partial charge in [-0.05, 0) is 19.3 Å². The molecule has 0 radical (unpaired) electrons. The molecular formula is C30H57AlO5. The molecule has 0 spiro atoms. The SMILES string of the molecule is CCCCCCCCCCCC(=O)C(CCC(=O)OC(C)=O)C(=O)CCCCCCCCCCC.[AlH3]. The predicted octanol–water partition coefficient (Wildman–Crippen LogP) is 7.27. The van der Waals surface area contributed by atoms with Gasteiger partial charge in [0.2, 0.25) is 0 Å². The van der Waals surface area contributed by atoms with Gasteiger partial charge in [-0.15, -0.1) is 0 Å². The molecule has 0 saturated heterocycles. The molecular weight excluding hydrogens is 467 g/mol. The second-order valence-electron chi connectivity index (χ2n) is 10.1. The van der Waals surface area contributed by atoms with Crippen molar-refractivity contribution in [1.82, 2.24) is 0 Å². The van der Waals surface area contributed by atoms with Gasteiger partial charge in [0.25, 0.3) is 0 Å². The largest absolute Gasteiger partial charge is 0.393 e. The van der Waals surface area contributed by atoms with Gasteiger partial charge < -0.3 is 4.74 Å². The average molecular weight is 525 g/mol. The lowest BCUT2D eigenvalue weighted by Gasteiger charge is -2.14. The smallest absolute Gasteiger partial charge is 0.313 e. The van der Waals surface area contributed by atoms with Gasteiger partial charge in [0, 0.05) is 26.2 Å². The highest BCUT2D eigenvalue weighted by molar-refractivity contribution is 6.02. The van der Waals surface area contributed by atoms with Crippen LogP contribution in [0, 0.1) is 5.92 Å². The number of ether oxygens (including phenoxy) is 1. The van der Waals surface area contributed by atoms with E-state index in [1.807, 2.05) is 0 Å². The maximum atomic E-state index is 12.8. The molecule has 0 rings (SSSR count). The van der Waals surface area contributed by atoms with Crippen molar-refractivity contribution in [2.45, 2.75) is 162 Å². The topological polar surface area (TPSA) is 77.5 Å². The molecule has 0 amide bonds. The Morgan fingerprint density at radius 2 is 0.861 bits per heavy atom. The van der Waals surface area contributed by atoms with Crippen LogP contribution < -0.4 is 0 Å². The average Bonchev–Trinajstić information content (AvgIpc) is 2.81. The molecule has 0 heterocycles. The van der Waals surface area contributed by atoms with Crippen LogP contribution in [0.1, 0.15) is 162 Å². The third-order valence-electron chi connectivity index (χ3n) is 6.73. The van der Waals surface area contributed by atoms with Crippen molar-refractivity contribution in [3.63, 3.8) is 0 Å². The lowest BCUT2D eigenvalue weighted by molar-refractivity contribution is -0.158. The lowest BCUT2D eigenvalue weighted by Crippen LogP contribution is -2.25. The minimum atomic E-state index is -0.738. The highest BCUT2D eigenvalue weighted by Crippen LogP contribution is 2.19. The normalized spacial score (nSPS) is 10.8. The molecule has 0 fully saturated rings. The summed E-state index contributed by atoms with van der Waals surface area (Å²) >= 11 is 0. The zero-order chi connectivity index (χ0) is 26.2. The van der Waals surface area contributed by atoms with E-state index in [0.717, 1.165) is 38.5 Å². The van der Waals surface area contributed by atoms with Gasteiger partial charge in [-0.2, -0.15) is 0 Å². The van der Waals surface area contributed by atoms with Crippen LogP contribution in [0.25, 0.3) is 0 Å². The highest BCUT2D eigenvalue weighted by atomic mass is 27.0. The number of rotatable bonds is 25. The van der Waals surface area contributed by atoms with E-state index in [2.05, 4.69) is 18.6 Å². The van der Waals surface area contributed by atoms with E-state index in [4.69, 9.17) is 0 Å². The number of unbranched alkanes of at least 4 members (excludes halogenated alkanes) is 16. The van der Waals surface area contributed by atoms with Crippen molar-refractivity contribution >= 4 is 40.9 Å². The van der Waals surface area contributed by atoms with E-state index in [0.29, 0.717) is 12.8 Å². The summed E-state index contributed by atoms with van der Waals surface area (Å²) in [4.78, 5) is 48.5. The van der Waals surface area contributed by atoms with Crippen molar-refractivity contribution in [3.8, 4) is 0 Å². The first-order valence-electron chi connectivity index (χ1n) is 14.7. The van der Waals surface area contributed by atoms with Crippen LogP contribution in [0.15, 0.2) is 0 Å². The van der Waals surface area contributed by atoms with Crippen LogP contribution in [0.3, 0.4) is 0 Å². The first-order chi connectivity index (χ1) is 16.9. The van der Waals surface area contributed by atoms with Crippen LogP contribution in [0.5, 0.6) is 0 Å². The second-order valence-corrected chi connectivity index (χ2v) is 10.1. The quantitative estimate of drug-likeness (QED) is 0.0543. The summed E-state index contributed by atoms with van der Waals surface area (Å²) in [6, 6.07) is 0. The van der Waals surface area contributed by atoms with E-state index in [1.54, 1.807) is 0 Å². The zero-order valence-corrected chi connectivity index (χ0v) is 23.2. The van der Waals surface area contributed by atoms with Gasteiger partial charge in [-0.3, -0.25) is 19.2 Å². The molecule has 0 N–H and O–H groups in total. The Labute approximate surface area is 232 Å². The third-order valence-corrected chi connectivity index (χ3v) is 6.73. The highest BCUT2D eigenvalue weighted by Gasteiger charge is 2.26. The molecule has 0 aliphatic carbocycles. The Kier molecular flexibility index (Phi) is 27.9. The number of hydrogen-bond donors (Lipinski definition) is 0. The molecule has 0 atom stereocenters. The summed E-state index contributed by atoms with van der Waals surface area (Å²) in [5.41, 5.74) is 0. The van der Waals surface area contributed by atoms with E-state index in [9.17, 15) is 19.2 Å². The maximum absolute atomic E-state index is 12.8. The Hall–Kier alpha value is -0.988. The maximum Gasteiger partial charge on any atom is 0.313 e. The second kappa shape index (κ2) is 27.1. The first kappa shape index (κ1) is 37.2. The van der Waals surface area contributed by atoms with Gasteiger partial charge in [-0.1, -0.05) is 117 Å². The molecule has 0 aromatic heterocycles. The molecule has 0 unspecified atom stereocenters. The summed E-state index contributed by atoms with van der Waals surface area (Å²) in [5, 5.41) is 0. The summed E-state index contributed by atoms with van der Waals surface area (Å²) in [6.07, 6.45) is 22.0. The van der Waals surface area contributed by atoms with Crippen molar-refractivity contribution in [2.24, 2.45) is 5.92 Å². The first-order valence-corrected chi connectivity index (χ1v) is 14.7. The fourth-order valence-corrected chi connectivity index (χ4v) is 4.54. The minimum absolute atomic E-state index is 0. The number of ketones is 2. The van der Waals surface area contributed by atoms with Gasteiger partial charge in [0.15, 0.2) is 17.4 Å². The van der Waals surface area contributed by atoms with Gasteiger partial charge in [-0.25, -0.2) is 0 Å². The van der Waals surface area contributed by atoms with Gasteiger partial charge in [0.1, 0.15) is 11.6 Å². The third kappa shape index (κ3) is 23.4. The van der Waals surface area contributed by atoms with Crippen molar-refractivity contribution in [3.05, 3.63) is 0 Å². The Morgan fingerprint density at radius 3 is 1.19 bits per heavy atom. The number of Topliss-reactive ketones (excluding diaryl/α,β-unsaturated/α-hetero) is 2. The monoisotopic (exact) mass is 524 g/mol. The van der Waals surface area contributed by atoms with E-state index in [-0.39, 0.29) is 41.8 Å². The molecule has 0 bridgehead atoms. The van der Waals surface area contributed by atoms with Crippen LogP contribution in [0.2, 0.25) is 0 Å². The van der Waals surface area contributed by atoms with E-state index >= 15 is 0 Å². The van der Waals surface area contributed by atoms with Gasteiger partial charge in [0.05, 0.1) is 5.92 Å². The number of carbonyl (C=O) groups excluding carboxylic acids is 4. The van der Waals surface area contributed by atoms with Gasteiger partial charge >= 0.3 is 11.9 Å². The zero-order valence-electron chi connectivity index (χ0n) is 23.2. The Morgan fingerprint density at radius 1 is 0.528 bits per heavy atom. The lowest BCUT2D eigenvalue weighted by atomic mass is 9.88. The fraction of sp³-hybridized carbons (Fsp3) is 0.867. The predicted molar refractivity (Wildman–Crippen MR) is 153 cm³/mol.